The summed E-state index contributed by atoms with van der Waals surface area (Å²) < 4.78 is 128. The van der Waals surface area contributed by atoms with Crippen molar-refractivity contribution in [3.8, 4) is 0 Å². The summed E-state index contributed by atoms with van der Waals surface area (Å²) in [5.41, 5.74) is -5.86. The predicted octanol–water partition coefficient (Wildman–Crippen LogP) is 7.73. The zero-order valence-corrected chi connectivity index (χ0v) is 22.6. The summed E-state index contributed by atoms with van der Waals surface area (Å²) in [7, 11) is 0. The molecular formula is C28H27F9N2O3. The van der Waals surface area contributed by atoms with Crippen molar-refractivity contribution in [2.45, 2.75) is 82.9 Å². The van der Waals surface area contributed by atoms with Gasteiger partial charge in [0.25, 0.3) is 6.47 Å². The summed E-state index contributed by atoms with van der Waals surface area (Å²) in [4.78, 5) is 26.9. The minimum absolute atomic E-state index is 0.00309. The average molecular weight is 611 g/mol. The molecule has 42 heavy (non-hydrogen) atoms. The largest absolute Gasteiger partial charge is 0.442 e. The van der Waals surface area contributed by atoms with Crippen molar-refractivity contribution in [1.82, 2.24) is 4.90 Å². The van der Waals surface area contributed by atoms with Crippen molar-refractivity contribution >= 4 is 18.1 Å². The molecule has 0 radical (unpaired) electrons. The summed E-state index contributed by atoms with van der Waals surface area (Å²) in [6.07, 6.45) is -13.6. The van der Waals surface area contributed by atoms with Gasteiger partial charge in [0.2, 0.25) is 5.91 Å². The fourth-order valence-electron chi connectivity index (χ4n) is 5.65. The third kappa shape index (κ3) is 6.46. The number of alkyl halides is 9. The molecule has 2 unspecified atom stereocenters. The number of rotatable bonds is 7. The van der Waals surface area contributed by atoms with Gasteiger partial charge in [0.1, 0.15) is 0 Å². The van der Waals surface area contributed by atoms with Gasteiger partial charge in [-0.3, -0.25) is 9.59 Å². The molecule has 0 aromatic heterocycles. The molecule has 1 aliphatic heterocycles. The molecule has 5 nitrogen and oxygen atoms in total. The Kier molecular flexibility index (Phi) is 8.00. The summed E-state index contributed by atoms with van der Waals surface area (Å²) in [6.45, 7) is 3.61. The standard InChI is InChI=1S/C28H27F9N2O3/c1-15(41)38(13-16-8-19(27(32,33)34)10-20(9-16)28(35,36)37)24-12-23(17-4-5-17)39(25(2,3)42-14-40)22-7-6-18(11-21(22)24)26(29,30)31/h6-11,14,17,23-24H,4-5,12-13H2,1-3H3. The second-order valence-corrected chi connectivity index (χ2v) is 11.0. The maximum absolute atomic E-state index is 13.8. The minimum atomic E-state index is -5.13. The highest BCUT2D eigenvalue weighted by Crippen LogP contribution is 2.52. The number of benzene rings is 2. The quantitative estimate of drug-likeness (QED) is 0.238. The lowest BCUT2D eigenvalue weighted by Crippen LogP contribution is -2.56. The van der Waals surface area contributed by atoms with Crippen molar-refractivity contribution in [2.75, 3.05) is 4.90 Å². The van der Waals surface area contributed by atoms with E-state index in [-0.39, 0.29) is 36.1 Å². The van der Waals surface area contributed by atoms with E-state index in [0.717, 1.165) is 36.8 Å². The monoisotopic (exact) mass is 610 g/mol. The molecule has 2 aromatic rings. The molecule has 2 aromatic carbocycles. The molecule has 1 heterocycles. The normalized spacial score (nSPS) is 19.8. The Morgan fingerprint density at radius 2 is 1.45 bits per heavy atom. The minimum Gasteiger partial charge on any atom is -0.442 e. The lowest BCUT2D eigenvalue weighted by atomic mass is 9.85. The molecule has 230 valence electrons. The lowest BCUT2D eigenvalue weighted by molar-refractivity contribution is -0.143. The van der Waals surface area contributed by atoms with Gasteiger partial charge in [-0.05, 0) is 86.6 Å². The molecule has 2 aliphatic rings. The lowest BCUT2D eigenvalue weighted by Gasteiger charge is -2.51. The van der Waals surface area contributed by atoms with Gasteiger partial charge in [0.05, 0.1) is 22.7 Å². The van der Waals surface area contributed by atoms with Crippen molar-refractivity contribution in [1.29, 1.82) is 0 Å². The Bertz CT molecular complexity index is 1320. The summed E-state index contributed by atoms with van der Waals surface area (Å²) >= 11 is 0. The van der Waals surface area contributed by atoms with Crippen LogP contribution in [0.5, 0.6) is 0 Å². The van der Waals surface area contributed by atoms with Crippen molar-refractivity contribution in [3.05, 3.63) is 64.2 Å². The van der Waals surface area contributed by atoms with E-state index in [2.05, 4.69) is 0 Å². The van der Waals surface area contributed by atoms with Crippen LogP contribution in [-0.2, 0) is 39.4 Å². The maximum Gasteiger partial charge on any atom is 0.416 e. The van der Waals surface area contributed by atoms with E-state index >= 15 is 0 Å². The molecule has 1 saturated carbocycles. The van der Waals surface area contributed by atoms with Gasteiger partial charge in [-0.2, -0.15) is 39.5 Å². The SMILES string of the molecule is CC(=O)N(Cc1cc(C(F)(F)F)cc(C(F)(F)F)c1)C1CC(C2CC2)N(C(C)(C)OC=O)c2ccc(C(F)(F)F)cc21. The van der Waals surface area contributed by atoms with E-state index in [1.165, 1.54) is 6.07 Å². The zero-order chi connectivity index (χ0) is 31.4. The first kappa shape index (κ1) is 31.5. The Morgan fingerprint density at radius 3 is 1.90 bits per heavy atom. The summed E-state index contributed by atoms with van der Waals surface area (Å²) in [5, 5.41) is 0. The number of ether oxygens (including phenoxy) is 1. The highest BCUT2D eigenvalue weighted by atomic mass is 19.4. The van der Waals surface area contributed by atoms with Crippen LogP contribution in [0.1, 0.15) is 73.9 Å². The van der Waals surface area contributed by atoms with Gasteiger partial charge in [0.15, 0.2) is 5.72 Å². The number of hydrogen-bond donors (Lipinski definition) is 0. The summed E-state index contributed by atoms with van der Waals surface area (Å²) in [5.74, 6) is -0.766. The van der Waals surface area contributed by atoms with Gasteiger partial charge in [-0.15, -0.1) is 0 Å². The van der Waals surface area contributed by atoms with E-state index in [4.69, 9.17) is 4.74 Å². The Labute approximate surface area is 235 Å². The second kappa shape index (κ2) is 10.7. The Hall–Kier alpha value is -3.45. The topological polar surface area (TPSA) is 49.9 Å². The molecule has 0 bridgehead atoms. The molecule has 4 rings (SSSR count). The number of halogens is 9. The van der Waals surface area contributed by atoms with Crippen LogP contribution in [0.25, 0.3) is 0 Å². The average Bonchev–Trinajstić information content (AvgIpc) is 3.69. The zero-order valence-electron chi connectivity index (χ0n) is 22.6. The molecule has 14 heteroatoms. The highest BCUT2D eigenvalue weighted by molar-refractivity contribution is 5.75. The molecule has 1 aliphatic carbocycles. The molecule has 0 spiro atoms. The van der Waals surface area contributed by atoms with Gasteiger partial charge >= 0.3 is 18.5 Å². The van der Waals surface area contributed by atoms with Crippen molar-refractivity contribution < 1.29 is 53.8 Å². The van der Waals surface area contributed by atoms with Gasteiger partial charge < -0.3 is 14.5 Å². The number of nitrogens with zero attached hydrogens (tertiary/aromatic N) is 2. The summed E-state index contributed by atoms with van der Waals surface area (Å²) in [6, 6.07) is 2.16. The number of amides is 1. The second-order valence-electron chi connectivity index (χ2n) is 11.0. The third-order valence-electron chi connectivity index (χ3n) is 7.63. The third-order valence-corrected chi connectivity index (χ3v) is 7.63. The highest BCUT2D eigenvalue weighted by Gasteiger charge is 2.49. The molecule has 0 saturated heterocycles. The van der Waals surface area contributed by atoms with Crippen LogP contribution in [0.15, 0.2) is 36.4 Å². The van der Waals surface area contributed by atoms with Crippen LogP contribution < -0.4 is 4.90 Å². The van der Waals surface area contributed by atoms with Crippen LogP contribution in [0, 0.1) is 5.92 Å². The Morgan fingerprint density at radius 1 is 0.905 bits per heavy atom. The fourth-order valence-corrected chi connectivity index (χ4v) is 5.65. The first-order chi connectivity index (χ1) is 19.2. The Balaban J connectivity index is 1.88. The van der Waals surface area contributed by atoms with Crippen molar-refractivity contribution in [3.63, 3.8) is 0 Å². The number of hydrogen-bond acceptors (Lipinski definition) is 4. The number of fused-ring (bicyclic) bond motifs is 1. The van der Waals surface area contributed by atoms with Crippen LogP contribution in [0.3, 0.4) is 0 Å². The van der Waals surface area contributed by atoms with Gasteiger partial charge in [-0.1, -0.05) is 0 Å². The van der Waals surface area contributed by atoms with Gasteiger partial charge in [-0.25, -0.2) is 0 Å². The van der Waals surface area contributed by atoms with Gasteiger partial charge in [0, 0.05) is 25.2 Å². The van der Waals surface area contributed by atoms with Crippen LogP contribution in [0.4, 0.5) is 45.2 Å². The van der Waals surface area contributed by atoms with E-state index in [1.54, 1.807) is 18.7 Å². The first-order valence-electron chi connectivity index (χ1n) is 12.9. The van der Waals surface area contributed by atoms with E-state index < -0.39 is 71.0 Å². The first-order valence-corrected chi connectivity index (χ1v) is 12.9. The fraction of sp³-hybridized carbons (Fsp3) is 0.500. The number of carbonyl (C=O) groups excluding carboxylic acids is 2. The molecule has 2 atom stereocenters. The smallest absolute Gasteiger partial charge is 0.416 e. The molecule has 1 amide bonds. The maximum atomic E-state index is 13.8. The van der Waals surface area contributed by atoms with Crippen molar-refractivity contribution in [2.24, 2.45) is 5.92 Å². The molecule has 0 N–H and O–H groups in total. The van der Waals surface area contributed by atoms with Crippen LogP contribution in [-0.4, -0.2) is 29.0 Å². The van der Waals surface area contributed by atoms with E-state index in [0.29, 0.717) is 12.1 Å². The number of anilines is 1. The molecule has 1 fully saturated rings. The molecular weight excluding hydrogens is 583 g/mol. The van der Waals surface area contributed by atoms with Crippen LogP contribution in [0.2, 0.25) is 0 Å². The number of carbonyl (C=O) groups is 2. The van der Waals surface area contributed by atoms with E-state index in [1.807, 2.05) is 0 Å². The van der Waals surface area contributed by atoms with Crippen LogP contribution >= 0.6 is 0 Å². The van der Waals surface area contributed by atoms with E-state index in [9.17, 15) is 49.1 Å². The predicted molar refractivity (Wildman–Crippen MR) is 132 cm³/mol.